The number of carbonyl (C=O) groups is 1. The number of carbonyl (C=O) groups excluding carboxylic acids is 1. The molecule has 0 radical (unpaired) electrons. The highest BCUT2D eigenvalue weighted by atomic mass is 19.3. The first-order valence-corrected chi connectivity index (χ1v) is 8.22. The summed E-state index contributed by atoms with van der Waals surface area (Å²) in [5.41, 5.74) is -0.0396. The Balaban J connectivity index is 1.75. The van der Waals surface area contributed by atoms with Gasteiger partial charge in [0.15, 0.2) is 0 Å². The van der Waals surface area contributed by atoms with Crippen LogP contribution < -0.4 is 0 Å². The Morgan fingerprint density at radius 2 is 2.04 bits per heavy atom. The number of hydrogen-bond acceptors (Lipinski definition) is 4. The summed E-state index contributed by atoms with van der Waals surface area (Å²) < 4.78 is 33.7. The Labute approximate surface area is 140 Å². The number of pyridine rings is 1. The zero-order valence-corrected chi connectivity index (χ0v) is 13.9. The fourth-order valence-corrected chi connectivity index (χ4v) is 3.89. The maximum atomic E-state index is 14.4. The molecule has 1 aromatic heterocycles. The summed E-state index contributed by atoms with van der Waals surface area (Å²) in [5.74, 6) is -3.00. The Morgan fingerprint density at radius 3 is 2.75 bits per heavy atom. The van der Waals surface area contributed by atoms with Crippen molar-refractivity contribution in [3.63, 3.8) is 0 Å². The molecule has 3 heterocycles. The third-order valence-electron chi connectivity index (χ3n) is 4.90. The fraction of sp³-hybridized carbons (Fsp3) is 0.647. The summed E-state index contributed by atoms with van der Waals surface area (Å²) in [7, 11) is 1.57. The van der Waals surface area contributed by atoms with E-state index in [2.05, 4.69) is 4.98 Å². The van der Waals surface area contributed by atoms with E-state index < -0.39 is 11.3 Å². The number of methoxy groups -OCH3 is 1. The van der Waals surface area contributed by atoms with Crippen LogP contribution >= 0.6 is 0 Å². The maximum absolute atomic E-state index is 14.4. The molecule has 0 bridgehead atoms. The molecule has 0 saturated carbocycles. The van der Waals surface area contributed by atoms with E-state index in [-0.39, 0.29) is 18.9 Å². The van der Waals surface area contributed by atoms with Gasteiger partial charge in [-0.3, -0.25) is 14.7 Å². The average molecular weight is 339 g/mol. The van der Waals surface area contributed by atoms with Gasteiger partial charge in [-0.2, -0.15) is 0 Å². The predicted octanol–water partition coefficient (Wildman–Crippen LogP) is 1.79. The van der Waals surface area contributed by atoms with Crippen LogP contribution in [-0.4, -0.2) is 66.5 Å². The number of alkyl halides is 2. The molecule has 2 fully saturated rings. The van der Waals surface area contributed by atoms with Crippen molar-refractivity contribution in [3.8, 4) is 0 Å². The summed E-state index contributed by atoms with van der Waals surface area (Å²) in [4.78, 5) is 20.1. The van der Waals surface area contributed by atoms with E-state index in [1.807, 2.05) is 12.1 Å². The first kappa shape index (κ1) is 17.2. The normalized spacial score (nSPS) is 27.1. The van der Waals surface area contributed by atoms with Gasteiger partial charge in [-0.05, 0) is 24.1 Å². The first-order valence-electron chi connectivity index (χ1n) is 8.22. The number of likely N-dealkylation sites (tertiary alicyclic amines) is 2. The van der Waals surface area contributed by atoms with Gasteiger partial charge in [0, 0.05) is 52.1 Å². The molecular formula is C17H23F2N3O2. The minimum absolute atomic E-state index is 0.154. The third-order valence-corrected chi connectivity index (χ3v) is 4.90. The number of piperidine rings is 1. The van der Waals surface area contributed by atoms with E-state index in [9.17, 15) is 13.6 Å². The van der Waals surface area contributed by atoms with Crippen LogP contribution in [0.3, 0.4) is 0 Å². The molecule has 0 N–H and O–H groups in total. The highest BCUT2D eigenvalue weighted by Crippen LogP contribution is 2.45. The Hall–Kier alpha value is -1.60. The maximum Gasteiger partial charge on any atom is 0.261 e. The van der Waals surface area contributed by atoms with Crippen molar-refractivity contribution in [3.05, 3.63) is 30.1 Å². The predicted molar refractivity (Wildman–Crippen MR) is 84.6 cm³/mol. The molecule has 1 aromatic rings. The van der Waals surface area contributed by atoms with Crippen molar-refractivity contribution < 1.29 is 18.3 Å². The van der Waals surface area contributed by atoms with Crippen LogP contribution in [0, 0.1) is 5.41 Å². The van der Waals surface area contributed by atoms with E-state index in [4.69, 9.17) is 4.74 Å². The van der Waals surface area contributed by atoms with Gasteiger partial charge in [-0.1, -0.05) is 0 Å². The van der Waals surface area contributed by atoms with E-state index in [1.165, 1.54) is 0 Å². The second kappa shape index (κ2) is 6.72. The van der Waals surface area contributed by atoms with Crippen molar-refractivity contribution in [2.24, 2.45) is 5.41 Å². The Morgan fingerprint density at radius 1 is 1.29 bits per heavy atom. The number of hydrogen-bond donors (Lipinski definition) is 0. The monoisotopic (exact) mass is 339 g/mol. The summed E-state index contributed by atoms with van der Waals surface area (Å²) >= 11 is 0. The highest BCUT2D eigenvalue weighted by molar-refractivity contribution is 5.85. The second-order valence-electron chi connectivity index (χ2n) is 6.85. The molecule has 1 atom stereocenters. The number of halogens is 2. The second-order valence-corrected chi connectivity index (χ2v) is 6.85. The van der Waals surface area contributed by atoms with Gasteiger partial charge in [0.25, 0.3) is 5.92 Å². The van der Waals surface area contributed by atoms with Crippen LogP contribution in [0.4, 0.5) is 8.78 Å². The molecule has 5 nitrogen and oxygen atoms in total. The quantitative estimate of drug-likeness (QED) is 0.820. The zero-order chi connectivity index (χ0) is 17.2. The number of aromatic nitrogens is 1. The standard InChI is InChI=1S/C17H23F2N3O2/c1-24-9-8-22-7-4-16(15(22)23)11-17(18,19)13-21(12-16)10-14-2-5-20-6-3-14/h2-3,5-6H,4,7-13H2,1H3. The van der Waals surface area contributed by atoms with E-state index in [0.717, 1.165) is 5.56 Å². The van der Waals surface area contributed by atoms with Crippen LogP contribution in [0.2, 0.25) is 0 Å². The molecule has 2 aliphatic rings. The van der Waals surface area contributed by atoms with E-state index in [1.54, 1.807) is 29.3 Å². The lowest BCUT2D eigenvalue weighted by Gasteiger charge is -2.43. The van der Waals surface area contributed by atoms with Crippen molar-refractivity contribution in [1.29, 1.82) is 0 Å². The molecule has 2 aliphatic heterocycles. The van der Waals surface area contributed by atoms with Gasteiger partial charge in [0.1, 0.15) is 0 Å². The van der Waals surface area contributed by atoms with Gasteiger partial charge in [0.2, 0.25) is 5.91 Å². The van der Waals surface area contributed by atoms with Crippen LogP contribution in [0.1, 0.15) is 18.4 Å². The zero-order valence-electron chi connectivity index (χ0n) is 13.9. The molecule has 7 heteroatoms. The number of ether oxygens (including phenoxy) is 1. The highest BCUT2D eigenvalue weighted by Gasteiger charge is 2.56. The molecular weight excluding hydrogens is 316 g/mol. The Bertz CT molecular complexity index is 584. The van der Waals surface area contributed by atoms with E-state index >= 15 is 0 Å². The number of nitrogens with zero attached hydrogens (tertiary/aromatic N) is 3. The average Bonchev–Trinajstić information content (AvgIpc) is 2.80. The van der Waals surface area contributed by atoms with Crippen LogP contribution in [-0.2, 0) is 16.1 Å². The lowest BCUT2D eigenvalue weighted by Crippen LogP contribution is -2.55. The smallest absolute Gasteiger partial charge is 0.261 e. The van der Waals surface area contributed by atoms with Crippen molar-refractivity contribution in [2.75, 3.05) is 39.9 Å². The number of rotatable bonds is 5. The minimum Gasteiger partial charge on any atom is -0.383 e. The van der Waals surface area contributed by atoms with Gasteiger partial charge >= 0.3 is 0 Å². The molecule has 0 aliphatic carbocycles. The van der Waals surface area contributed by atoms with Crippen LogP contribution in [0.15, 0.2) is 24.5 Å². The molecule has 1 unspecified atom stereocenters. The summed E-state index contributed by atoms with van der Waals surface area (Å²) in [6.45, 7) is 1.91. The number of amides is 1. The molecule has 1 amide bonds. The lowest BCUT2D eigenvalue weighted by molar-refractivity contribution is -0.155. The SMILES string of the molecule is COCCN1CCC2(CN(Cc3ccncc3)CC(F)(F)C2)C1=O. The first-order chi connectivity index (χ1) is 11.4. The summed E-state index contributed by atoms with van der Waals surface area (Å²) in [5, 5.41) is 0. The molecule has 24 heavy (non-hydrogen) atoms. The third kappa shape index (κ3) is 3.57. The minimum atomic E-state index is -2.85. The molecule has 3 rings (SSSR count). The van der Waals surface area contributed by atoms with Crippen LogP contribution in [0.5, 0.6) is 0 Å². The molecule has 2 saturated heterocycles. The van der Waals surface area contributed by atoms with Gasteiger partial charge < -0.3 is 9.64 Å². The van der Waals surface area contributed by atoms with Crippen molar-refractivity contribution >= 4 is 5.91 Å². The molecule has 132 valence electrons. The molecule has 0 aromatic carbocycles. The van der Waals surface area contributed by atoms with Crippen LogP contribution in [0.25, 0.3) is 0 Å². The van der Waals surface area contributed by atoms with Crippen molar-refractivity contribution in [1.82, 2.24) is 14.8 Å². The summed E-state index contributed by atoms with van der Waals surface area (Å²) in [6, 6.07) is 3.64. The van der Waals surface area contributed by atoms with Gasteiger partial charge in [0.05, 0.1) is 18.6 Å². The topological polar surface area (TPSA) is 45.7 Å². The van der Waals surface area contributed by atoms with Gasteiger partial charge in [-0.25, -0.2) is 8.78 Å². The van der Waals surface area contributed by atoms with Gasteiger partial charge in [-0.15, -0.1) is 0 Å². The Kier molecular flexibility index (Phi) is 4.83. The fourth-order valence-electron chi connectivity index (χ4n) is 3.89. The lowest BCUT2D eigenvalue weighted by atomic mass is 9.77. The van der Waals surface area contributed by atoms with Crippen molar-refractivity contribution in [2.45, 2.75) is 25.3 Å². The largest absolute Gasteiger partial charge is 0.383 e. The van der Waals surface area contributed by atoms with E-state index in [0.29, 0.717) is 39.2 Å². The summed E-state index contributed by atoms with van der Waals surface area (Å²) in [6.07, 6.45) is 3.44. The molecule has 1 spiro atoms.